The van der Waals surface area contributed by atoms with Crippen LogP contribution in [-0.4, -0.2) is 33.3 Å². The predicted octanol–water partition coefficient (Wildman–Crippen LogP) is 2.67. The van der Waals surface area contributed by atoms with Crippen LogP contribution in [0.15, 0.2) is 30.3 Å². The summed E-state index contributed by atoms with van der Waals surface area (Å²) in [5.74, 6) is -1.36. The molecule has 7 heteroatoms. The first-order chi connectivity index (χ1) is 10.9. The fourth-order valence-electron chi connectivity index (χ4n) is 2.18. The molecule has 2 N–H and O–H groups in total. The maximum absolute atomic E-state index is 12.1. The predicted molar refractivity (Wildman–Crippen MR) is 87.1 cm³/mol. The highest BCUT2D eigenvalue weighted by Crippen LogP contribution is 2.16. The number of aryl methyl sites for hydroxylation is 1. The van der Waals surface area contributed by atoms with E-state index in [4.69, 9.17) is 16.7 Å². The zero-order chi connectivity index (χ0) is 17.0. The van der Waals surface area contributed by atoms with Crippen molar-refractivity contribution in [2.75, 3.05) is 6.54 Å². The van der Waals surface area contributed by atoms with Crippen molar-refractivity contribution >= 4 is 23.5 Å². The lowest BCUT2D eigenvalue weighted by Crippen LogP contribution is -2.29. The second-order valence-corrected chi connectivity index (χ2v) is 5.91. The number of nitrogens with one attached hydrogen (secondary N) is 1. The van der Waals surface area contributed by atoms with Gasteiger partial charge in [-0.3, -0.25) is 9.59 Å². The lowest BCUT2D eigenvalue weighted by Gasteiger charge is -2.09. The first kappa shape index (κ1) is 17.0. The summed E-state index contributed by atoms with van der Waals surface area (Å²) in [7, 11) is 0. The van der Waals surface area contributed by atoms with E-state index in [9.17, 15) is 9.59 Å². The van der Waals surface area contributed by atoms with E-state index in [0.29, 0.717) is 5.02 Å². The van der Waals surface area contributed by atoms with Crippen molar-refractivity contribution in [1.29, 1.82) is 0 Å². The molecule has 0 spiro atoms. The zero-order valence-corrected chi connectivity index (χ0v) is 13.7. The molecule has 1 heterocycles. The summed E-state index contributed by atoms with van der Waals surface area (Å²) in [4.78, 5) is 22.8. The molecule has 0 saturated heterocycles. The van der Waals surface area contributed by atoms with Crippen LogP contribution in [0, 0.1) is 12.8 Å². The standard InChI is InChI=1S/C16H18ClN3O3/c1-10(6-15(21)22)9-18-16(23)14-7-11(2)20(19-14)13-5-3-4-12(17)8-13/h3-5,7-8,10H,6,9H2,1-2H3,(H,18,23)(H,21,22). The van der Waals surface area contributed by atoms with E-state index in [1.54, 1.807) is 29.8 Å². The van der Waals surface area contributed by atoms with Gasteiger partial charge in [-0.2, -0.15) is 5.10 Å². The van der Waals surface area contributed by atoms with Crippen LogP contribution < -0.4 is 5.32 Å². The van der Waals surface area contributed by atoms with E-state index < -0.39 is 5.97 Å². The Morgan fingerprint density at radius 3 is 2.78 bits per heavy atom. The van der Waals surface area contributed by atoms with Gasteiger partial charge < -0.3 is 10.4 Å². The van der Waals surface area contributed by atoms with Gasteiger partial charge in [-0.15, -0.1) is 0 Å². The minimum atomic E-state index is -0.882. The molecule has 2 rings (SSSR count). The Labute approximate surface area is 139 Å². The average Bonchev–Trinajstić information content (AvgIpc) is 2.86. The topological polar surface area (TPSA) is 84.2 Å². The molecule has 2 aromatic rings. The number of carboxylic acid groups (broad SMARTS) is 1. The number of aromatic nitrogens is 2. The summed E-state index contributed by atoms with van der Waals surface area (Å²) in [5.41, 5.74) is 1.86. The third kappa shape index (κ3) is 4.56. The van der Waals surface area contributed by atoms with Crippen molar-refractivity contribution in [3.8, 4) is 5.69 Å². The number of amides is 1. The van der Waals surface area contributed by atoms with Gasteiger partial charge in [0.05, 0.1) is 5.69 Å². The van der Waals surface area contributed by atoms with Gasteiger partial charge in [0.15, 0.2) is 5.69 Å². The molecule has 1 amide bonds. The molecule has 1 aromatic heterocycles. The van der Waals surface area contributed by atoms with Gasteiger partial charge in [-0.1, -0.05) is 24.6 Å². The average molecular weight is 336 g/mol. The van der Waals surface area contributed by atoms with Crippen molar-refractivity contribution in [3.05, 3.63) is 46.7 Å². The van der Waals surface area contributed by atoms with Crippen molar-refractivity contribution in [2.45, 2.75) is 20.3 Å². The highest BCUT2D eigenvalue weighted by molar-refractivity contribution is 6.30. The SMILES string of the molecule is Cc1cc(C(=O)NCC(C)CC(=O)O)nn1-c1cccc(Cl)c1. The van der Waals surface area contributed by atoms with Crippen LogP contribution >= 0.6 is 11.6 Å². The smallest absolute Gasteiger partial charge is 0.303 e. The van der Waals surface area contributed by atoms with Crippen LogP contribution in [0.1, 0.15) is 29.5 Å². The van der Waals surface area contributed by atoms with Crippen molar-refractivity contribution in [2.24, 2.45) is 5.92 Å². The number of carbonyl (C=O) groups excluding carboxylic acids is 1. The van der Waals surface area contributed by atoms with Crippen molar-refractivity contribution in [1.82, 2.24) is 15.1 Å². The minimum Gasteiger partial charge on any atom is -0.481 e. The third-order valence-electron chi connectivity index (χ3n) is 3.31. The molecule has 0 radical (unpaired) electrons. The van der Waals surface area contributed by atoms with Gasteiger partial charge in [0, 0.05) is 23.7 Å². The molecule has 0 aliphatic carbocycles. The van der Waals surface area contributed by atoms with Crippen LogP contribution in [0.3, 0.4) is 0 Å². The second kappa shape index (κ2) is 7.28. The Morgan fingerprint density at radius 2 is 2.13 bits per heavy atom. The number of rotatable bonds is 6. The van der Waals surface area contributed by atoms with Crippen LogP contribution in [0.5, 0.6) is 0 Å². The largest absolute Gasteiger partial charge is 0.481 e. The maximum atomic E-state index is 12.1. The fraction of sp³-hybridized carbons (Fsp3) is 0.312. The van der Waals surface area contributed by atoms with E-state index in [-0.39, 0.29) is 30.5 Å². The molecule has 0 bridgehead atoms. The van der Waals surface area contributed by atoms with Crippen molar-refractivity contribution < 1.29 is 14.7 Å². The van der Waals surface area contributed by atoms with Gasteiger partial charge in [0.25, 0.3) is 5.91 Å². The molecule has 0 fully saturated rings. The molecule has 6 nitrogen and oxygen atoms in total. The molecule has 23 heavy (non-hydrogen) atoms. The first-order valence-corrected chi connectivity index (χ1v) is 7.57. The van der Waals surface area contributed by atoms with Crippen molar-refractivity contribution in [3.63, 3.8) is 0 Å². The summed E-state index contributed by atoms with van der Waals surface area (Å²) < 4.78 is 1.64. The molecule has 1 aromatic carbocycles. The van der Waals surface area contributed by atoms with E-state index in [1.807, 2.05) is 19.1 Å². The summed E-state index contributed by atoms with van der Waals surface area (Å²) in [6.45, 7) is 3.90. The lowest BCUT2D eigenvalue weighted by molar-refractivity contribution is -0.137. The van der Waals surface area contributed by atoms with E-state index in [2.05, 4.69) is 10.4 Å². The lowest BCUT2D eigenvalue weighted by atomic mass is 10.1. The molecule has 0 saturated carbocycles. The Morgan fingerprint density at radius 1 is 1.39 bits per heavy atom. The summed E-state index contributed by atoms with van der Waals surface area (Å²) in [5, 5.41) is 16.3. The number of halogens is 1. The highest BCUT2D eigenvalue weighted by Gasteiger charge is 2.15. The van der Waals surface area contributed by atoms with E-state index in [0.717, 1.165) is 11.4 Å². The third-order valence-corrected chi connectivity index (χ3v) is 3.54. The number of carbonyl (C=O) groups is 2. The van der Waals surface area contributed by atoms with E-state index >= 15 is 0 Å². The number of carboxylic acids is 1. The van der Waals surface area contributed by atoms with Gasteiger partial charge in [-0.25, -0.2) is 4.68 Å². The number of nitrogens with zero attached hydrogens (tertiary/aromatic N) is 2. The highest BCUT2D eigenvalue weighted by atomic mass is 35.5. The number of benzene rings is 1. The molecule has 0 aliphatic heterocycles. The Kier molecular flexibility index (Phi) is 5.39. The molecule has 0 aliphatic rings. The zero-order valence-electron chi connectivity index (χ0n) is 12.9. The maximum Gasteiger partial charge on any atom is 0.303 e. The molecule has 122 valence electrons. The quantitative estimate of drug-likeness (QED) is 0.850. The number of hydrogen-bond donors (Lipinski definition) is 2. The fourth-order valence-corrected chi connectivity index (χ4v) is 2.37. The van der Waals surface area contributed by atoms with Crippen LogP contribution in [0.4, 0.5) is 0 Å². The van der Waals surface area contributed by atoms with Gasteiger partial charge in [0.1, 0.15) is 0 Å². The van der Waals surface area contributed by atoms with Crippen LogP contribution in [-0.2, 0) is 4.79 Å². The van der Waals surface area contributed by atoms with E-state index in [1.165, 1.54) is 0 Å². The number of aliphatic carboxylic acids is 1. The van der Waals surface area contributed by atoms with Gasteiger partial charge in [0.2, 0.25) is 0 Å². The molecule has 1 unspecified atom stereocenters. The normalized spacial score (nSPS) is 12.0. The van der Waals surface area contributed by atoms with Crippen LogP contribution in [0.25, 0.3) is 5.69 Å². The molecular weight excluding hydrogens is 318 g/mol. The summed E-state index contributed by atoms with van der Waals surface area (Å²) >= 11 is 5.97. The first-order valence-electron chi connectivity index (χ1n) is 7.19. The Balaban J connectivity index is 2.08. The van der Waals surface area contributed by atoms with Gasteiger partial charge in [-0.05, 0) is 37.1 Å². The second-order valence-electron chi connectivity index (χ2n) is 5.48. The van der Waals surface area contributed by atoms with Crippen LogP contribution in [0.2, 0.25) is 5.02 Å². The Bertz CT molecular complexity index is 727. The molecular formula is C16H18ClN3O3. The molecule has 1 atom stereocenters. The minimum absolute atomic E-state index is 0.0102. The van der Waals surface area contributed by atoms with Gasteiger partial charge >= 0.3 is 5.97 Å². The summed E-state index contributed by atoms with van der Waals surface area (Å²) in [6, 6.07) is 8.87. The Hall–Kier alpha value is -2.34. The monoisotopic (exact) mass is 335 g/mol. The summed E-state index contributed by atoms with van der Waals surface area (Å²) in [6.07, 6.45) is 0.0102. The number of hydrogen-bond acceptors (Lipinski definition) is 3.